The van der Waals surface area contributed by atoms with Crippen molar-refractivity contribution in [3.63, 3.8) is 0 Å². The van der Waals surface area contributed by atoms with Crippen LogP contribution in [0, 0.1) is 13.8 Å². The second-order valence-corrected chi connectivity index (χ2v) is 3.87. The van der Waals surface area contributed by atoms with Crippen LogP contribution in [0.3, 0.4) is 0 Å². The van der Waals surface area contributed by atoms with E-state index >= 15 is 0 Å². The highest BCUT2D eigenvalue weighted by Crippen LogP contribution is 2.28. The van der Waals surface area contributed by atoms with Crippen LogP contribution < -0.4 is 10.5 Å². The Labute approximate surface area is 100 Å². The standard InChI is InChI=1S/C13H16N2O2/c1-4-16-11-6-5-10(7-8(11)2)12-9(3)17-13(14)15-12/h5-7H,4H2,1-3H3,(H2,14,15). The molecule has 0 saturated carbocycles. The number of oxazole rings is 1. The molecule has 0 radical (unpaired) electrons. The van der Waals surface area contributed by atoms with Crippen molar-refractivity contribution in [1.82, 2.24) is 4.98 Å². The van der Waals surface area contributed by atoms with Crippen LogP contribution in [0.2, 0.25) is 0 Å². The highest BCUT2D eigenvalue weighted by atomic mass is 16.5. The molecule has 0 unspecified atom stereocenters. The fraction of sp³-hybridized carbons (Fsp3) is 0.308. The van der Waals surface area contributed by atoms with Crippen molar-refractivity contribution in [2.45, 2.75) is 20.8 Å². The number of aromatic nitrogens is 1. The summed E-state index contributed by atoms with van der Waals surface area (Å²) in [5, 5.41) is 0. The largest absolute Gasteiger partial charge is 0.494 e. The molecule has 1 aromatic heterocycles. The normalized spacial score (nSPS) is 10.5. The Morgan fingerprint density at radius 2 is 2.12 bits per heavy atom. The molecule has 1 heterocycles. The Hall–Kier alpha value is -1.97. The number of benzene rings is 1. The summed E-state index contributed by atoms with van der Waals surface area (Å²) >= 11 is 0. The first-order valence-electron chi connectivity index (χ1n) is 5.58. The maximum Gasteiger partial charge on any atom is 0.292 e. The molecule has 0 saturated heterocycles. The van der Waals surface area contributed by atoms with E-state index in [1.807, 2.05) is 39.0 Å². The van der Waals surface area contributed by atoms with Gasteiger partial charge in [-0.2, -0.15) is 4.98 Å². The van der Waals surface area contributed by atoms with Gasteiger partial charge in [0, 0.05) is 5.56 Å². The van der Waals surface area contributed by atoms with Gasteiger partial charge in [0.25, 0.3) is 6.01 Å². The number of aryl methyl sites for hydroxylation is 2. The van der Waals surface area contributed by atoms with Crippen LogP contribution in [0.1, 0.15) is 18.2 Å². The lowest BCUT2D eigenvalue weighted by atomic mass is 10.1. The monoisotopic (exact) mass is 232 g/mol. The van der Waals surface area contributed by atoms with Gasteiger partial charge in [0.05, 0.1) is 6.61 Å². The van der Waals surface area contributed by atoms with Crippen molar-refractivity contribution in [3.05, 3.63) is 29.5 Å². The van der Waals surface area contributed by atoms with E-state index < -0.39 is 0 Å². The molecule has 0 amide bonds. The minimum absolute atomic E-state index is 0.198. The van der Waals surface area contributed by atoms with Gasteiger partial charge in [-0.25, -0.2) is 0 Å². The van der Waals surface area contributed by atoms with Crippen molar-refractivity contribution in [2.75, 3.05) is 12.3 Å². The number of nitrogens with two attached hydrogens (primary N) is 1. The molecule has 2 rings (SSSR count). The summed E-state index contributed by atoms with van der Waals surface area (Å²) in [5.41, 5.74) is 8.38. The van der Waals surface area contributed by atoms with E-state index in [2.05, 4.69) is 4.98 Å². The summed E-state index contributed by atoms with van der Waals surface area (Å²) in [6.07, 6.45) is 0. The van der Waals surface area contributed by atoms with Gasteiger partial charge in [-0.3, -0.25) is 0 Å². The van der Waals surface area contributed by atoms with Crippen molar-refractivity contribution >= 4 is 6.01 Å². The van der Waals surface area contributed by atoms with Gasteiger partial charge >= 0.3 is 0 Å². The zero-order chi connectivity index (χ0) is 12.4. The molecule has 0 aliphatic heterocycles. The lowest BCUT2D eigenvalue weighted by molar-refractivity contribution is 0.338. The third kappa shape index (κ3) is 2.25. The summed E-state index contributed by atoms with van der Waals surface area (Å²) in [6, 6.07) is 6.12. The molecule has 0 spiro atoms. The molecule has 2 aromatic rings. The van der Waals surface area contributed by atoms with Crippen molar-refractivity contribution in [2.24, 2.45) is 0 Å². The summed E-state index contributed by atoms with van der Waals surface area (Å²) < 4.78 is 10.7. The molecule has 0 aliphatic carbocycles. The SMILES string of the molecule is CCOc1ccc(-c2nc(N)oc2C)cc1C. The van der Waals surface area contributed by atoms with Crippen LogP contribution in [-0.2, 0) is 0 Å². The first-order valence-corrected chi connectivity index (χ1v) is 5.58. The molecule has 0 atom stereocenters. The molecule has 1 aromatic carbocycles. The minimum Gasteiger partial charge on any atom is -0.494 e. The summed E-state index contributed by atoms with van der Waals surface area (Å²) in [7, 11) is 0. The number of rotatable bonds is 3. The quantitative estimate of drug-likeness (QED) is 0.883. The molecular formula is C13H16N2O2. The van der Waals surface area contributed by atoms with E-state index in [4.69, 9.17) is 14.9 Å². The van der Waals surface area contributed by atoms with E-state index in [1.54, 1.807) is 0 Å². The number of hydrogen-bond acceptors (Lipinski definition) is 4. The number of hydrogen-bond donors (Lipinski definition) is 1. The van der Waals surface area contributed by atoms with Gasteiger partial charge in [0.1, 0.15) is 17.2 Å². The van der Waals surface area contributed by atoms with Crippen molar-refractivity contribution < 1.29 is 9.15 Å². The lowest BCUT2D eigenvalue weighted by Crippen LogP contribution is -1.94. The van der Waals surface area contributed by atoms with E-state index in [0.717, 1.165) is 28.3 Å². The number of anilines is 1. The van der Waals surface area contributed by atoms with E-state index in [1.165, 1.54) is 0 Å². The third-order valence-corrected chi connectivity index (χ3v) is 2.56. The number of nitrogen functional groups attached to an aromatic ring is 1. The highest BCUT2D eigenvalue weighted by molar-refractivity contribution is 5.64. The fourth-order valence-electron chi connectivity index (χ4n) is 1.80. The van der Waals surface area contributed by atoms with Gasteiger partial charge in [-0.1, -0.05) is 0 Å². The Kier molecular flexibility index (Phi) is 3.04. The molecule has 4 heteroatoms. The zero-order valence-electron chi connectivity index (χ0n) is 10.3. The van der Waals surface area contributed by atoms with Gasteiger partial charge in [-0.15, -0.1) is 0 Å². The lowest BCUT2D eigenvalue weighted by Gasteiger charge is -2.08. The van der Waals surface area contributed by atoms with Gasteiger partial charge in [0.15, 0.2) is 0 Å². The van der Waals surface area contributed by atoms with Crippen molar-refractivity contribution in [1.29, 1.82) is 0 Å². The van der Waals surface area contributed by atoms with Crippen LogP contribution >= 0.6 is 0 Å². The maximum atomic E-state index is 5.53. The van der Waals surface area contributed by atoms with E-state index in [9.17, 15) is 0 Å². The fourth-order valence-corrected chi connectivity index (χ4v) is 1.80. The Morgan fingerprint density at radius 3 is 2.65 bits per heavy atom. The van der Waals surface area contributed by atoms with E-state index in [-0.39, 0.29) is 6.01 Å². The molecule has 0 fully saturated rings. The predicted octanol–water partition coefficient (Wildman–Crippen LogP) is 2.94. The highest BCUT2D eigenvalue weighted by Gasteiger charge is 2.11. The predicted molar refractivity (Wildman–Crippen MR) is 67.0 cm³/mol. The molecule has 17 heavy (non-hydrogen) atoms. The first kappa shape index (κ1) is 11.5. The molecule has 2 N–H and O–H groups in total. The second kappa shape index (κ2) is 4.49. The minimum atomic E-state index is 0.198. The number of nitrogens with zero attached hydrogens (tertiary/aromatic N) is 1. The van der Waals surface area contributed by atoms with Crippen LogP contribution in [0.15, 0.2) is 22.6 Å². The van der Waals surface area contributed by atoms with Gasteiger partial charge in [0.2, 0.25) is 0 Å². The van der Waals surface area contributed by atoms with Crippen LogP contribution in [-0.4, -0.2) is 11.6 Å². The first-order chi connectivity index (χ1) is 8.11. The van der Waals surface area contributed by atoms with E-state index in [0.29, 0.717) is 6.61 Å². The van der Waals surface area contributed by atoms with Crippen molar-refractivity contribution in [3.8, 4) is 17.0 Å². The Balaban J connectivity index is 2.41. The van der Waals surface area contributed by atoms with Crippen LogP contribution in [0.25, 0.3) is 11.3 Å². The smallest absolute Gasteiger partial charge is 0.292 e. The Morgan fingerprint density at radius 1 is 1.35 bits per heavy atom. The third-order valence-electron chi connectivity index (χ3n) is 2.56. The molecular weight excluding hydrogens is 216 g/mol. The molecule has 90 valence electrons. The van der Waals surface area contributed by atoms with Gasteiger partial charge < -0.3 is 14.9 Å². The summed E-state index contributed by atoms with van der Waals surface area (Å²) in [6.45, 7) is 6.49. The summed E-state index contributed by atoms with van der Waals surface area (Å²) in [4.78, 5) is 4.17. The molecule has 0 aliphatic rings. The second-order valence-electron chi connectivity index (χ2n) is 3.87. The average molecular weight is 232 g/mol. The zero-order valence-corrected chi connectivity index (χ0v) is 10.3. The van der Waals surface area contributed by atoms with Crippen LogP contribution in [0.4, 0.5) is 6.01 Å². The van der Waals surface area contributed by atoms with Crippen LogP contribution in [0.5, 0.6) is 5.75 Å². The van der Waals surface area contributed by atoms with Gasteiger partial charge in [-0.05, 0) is 44.5 Å². The topological polar surface area (TPSA) is 61.3 Å². The number of ether oxygens (including phenoxy) is 1. The summed E-state index contributed by atoms with van der Waals surface area (Å²) in [5.74, 6) is 1.62. The molecule has 0 bridgehead atoms. The maximum absolute atomic E-state index is 5.53. The average Bonchev–Trinajstić information content (AvgIpc) is 2.61. The Bertz CT molecular complexity index is 532. The molecule has 4 nitrogen and oxygen atoms in total.